The minimum Gasteiger partial charge on any atom is -0.338 e. The molecule has 0 aliphatic carbocycles. The van der Waals surface area contributed by atoms with Gasteiger partial charge in [-0.25, -0.2) is 0 Å². The van der Waals surface area contributed by atoms with Crippen LogP contribution < -0.4 is 5.32 Å². The second-order valence-electron chi connectivity index (χ2n) is 5.53. The molecule has 0 aromatic carbocycles. The molecule has 0 spiro atoms. The first-order valence-corrected chi connectivity index (χ1v) is 7.09. The number of hydrogen-bond donors (Lipinski definition) is 1. The van der Waals surface area contributed by atoms with Crippen LogP contribution in [0.15, 0.2) is 4.52 Å². The van der Waals surface area contributed by atoms with Crippen LogP contribution in [0.2, 0.25) is 0 Å². The van der Waals surface area contributed by atoms with E-state index < -0.39 is 0 Å². The minimum absolute atomic E-state index is 0.323. The van der Waals surface area contributed by atoms with Crippen LogP contribution in [-0.2, 0) is 6.54 Å². The third-order valence-electron chi connectivity index (χ3n) is 3.41. The van der Waals surface area contributed by atoms with E-state index in [0.717, 1.165) is 51.6 Å². The van der Waals surface area contributed by atoms with Gasteiger partial charge in [0.2, 0.25) is 5.89 Å². The van der Waals surface area contributed by atoms with Gasteiger partial charge in [0.05, 0.1) is 6.54 Å². The molecular formula is C13H25N5O. The Morgan fingerprint density at radius 2 is 2.11 bits per heavy atom. The van der Waals surface area contributed by atoms with Gasteiger partial charge in [-0.2, -0.15) is 4.98 Å². The van der Waals surface area contributed by atoms with Crippen LogP contribution in [0.25, 0.3) is 0 Å². The van der Waals surface area contributed by atoms with Crippen LogP contribution in [0.4, 0.5) is 0 Å². The standard InChI is InChI=1S/C13H25N5O/c1-11(2)13-15-12(19-16-13)10-17(3)8-9-18-6-4-14-5-7-18/h11,14H,4-10H2,1-3H3. The number of piperazine rings is 1. The fourth-order valence-corrected chi connectivity index (χ4v) is 2.12. The van der Waals surface area contributed by atoms with Gasteiger partial charge >= 0.3 is 0 Å². The van der Waals surface area contributed by atoms with Gasteiger partial charge in [-0.1, -0.05) is 19.0 Å². The van der Waals surface area contributed by atoms with Crippen molar-refractivity contribution < 1.29 is 4.52 Å². The molecule has 2 heterocycles. The van der Waals surface area contributed by atoms with Crippen LogP contribution in [0.5, 0.6) is 0 Å². The molecule has 0 bridgehead atoms. The maximum atomic E-state index is 5.26. The van der Waals surface area contributed by atoms with E-state index in [1.165, 1.54) is 0 Å². The van der Waals surface area contributed by atoms with Crippen molar-refractivity contribution in [2.45, 2.75) is 26.3 Å². The van der Waals surface area contributed by atoms with Gasteiger partial charge in [-0.15, -0.1) is 0 Å². The first-order valence-electron chi connectivity index (χ1n) is 7.09. The molecule has 1 aromatic heterocycles. The maximum absolute atomic E-state index is 5.26. The third-order valence-corrected chi connectivity index (χ3v) is 3.41. The lowest BCUT2D eigenvalue weighted by atomic mass is 10.2. The molecule has 1 aromatic rings. The summed E-state index contributed by atoms with van der Waals surface area (Å²) in [6, 6.07) is 0. The molecule has 1 aliphatic heterocycles. The fourth-order valence-electron chi connectivity index (χ4n) is 2.12. The molecule has 1 aliphatic rings. The summed E-state index contributed by atoms with van der Waals surface area (Å²) in [6.45, 7) is 11.5. The Hall–Kier alpha value is -0.980. The van der Waals surface area contributed by atoms with Crippen molar-refractivity contribution in [2.24, 2.45) is 0 Å². The third kappa shape index (κ3) is 4.56. The Morgan fingerprint density at radius 1 is 1.37 bits per heavy atom. The van der Waals surface area contributed by atoms with E-state index in [-0.39, 0.29) is 0 Å². The molecule has 108 valence electrons. The zero-order valence-electron chi connectivity index (χ0n) is 12.2. The fraction of sp³-hybridized carbons (Fsp3) is 0.846. The lowest BCUT2D eigenvalue weighted by Gasteiger charge is -2.28. The Labute approximate surface area is 115 Å². The molecule has 0 atom stereocenters. The minimum atomic E-state index is 0.323. The van der Waals surface area contributed by atoms with Crippen molar-refractivity contribution in [3.8, 4) is 0 Å². The summed E-state index contributed by atoms with van der Waals surface area (Å²) >= 11 is 0. The highest BCUT2D eigenvalue weighted by Gasteiger charge is 2.13. The zero-order chi connectivity index (χ0) is 13.7. The van der Waals surface area contributed by atoms with Crippen molar-refractivity contribution in [3.63, 3.8) is 0 Å². The SMILES string of the molecule is CC(C)c1noc(CN(C)CCN2CCNCC2)n1. The van der Waals surface area contributed by atoms with Crippen molar-refractivity contribution in [1.82, 2.24) is 25.3 Å². The molecule has 6 nitrogen and oxygen atoms in total. The van der Waals surface area contributed by atoms with Crippen molar-refractivity contribution >= 4 is 0 Å². The predicted molar refractivity (Wildman–Crippen MR) is 74.0 cm³/mol. The number of aromatic nitrogens is 2. The average molecular weight is 267 g/mol. The molecule has 0 unspecified atom stereocenters. The zero-order valence-corrected chi connectivity index (χ0v) is 12.2. The highest BCUT2D eigenvalue weighted by Crippen LogP contribution is 2.10. The number of rotatable bonds is 6. The molecule has 2 rings (SSSR count). The number of hydrogen-bond acceptors (Lipinski definition) is 6. The molecule has 19 heavy (non-hydrogen) atoms. The summed E-state index contributed by atoms with van der Waals surface area (Å²) in [4.78, 5) is 9.12. The van der Waals surface area contributed by atoms with E-state index in [9.17, 15) is 0 Å². The highest BCUT2D eigenvalue weighted by molar-refractivity contribution is 4.91. The van der Waals surface area contributed by atoms with Crippen LogP contribution in [-0.4, -0.2) is 66.3 Å². The molecule has 0 radical (unpaired) electrons. The Bertz CT molecular complexity index is 373. The first-order chi connectivity index (χ1) is 9.15. The topological polar surface area (TPSA) is 57.4 Å². The van der Waals surface area contributed by atoms with Crippen LogP contribution in [0, 0.1) is 0 Å². The number of nitrogens with zero attached hydrogens (tertiary/aromatic N) is 4. The second-order valence-corrected chi connectivity index (χ2v) is 5.53. The van der Waals surface area contributed by atoms with Crippen molar-refractivity contribution in [2.75, 3.05) is 46.3 Å². The summed E-state index contributed by atoms with van der Waals surface area (Å²) in [5, 5.41) is 7.35. The highest BCUT2D eigenvalue weighted by atomic mass is 16.5. The van der Waals surface area contributed by atoms with E-state index in [2.05, 4.69) is 46.2 Å². The smallest absolute Gasteiger partial charge is 0.240 e. The van der Waals surface area contributed by atoms with Crippen molar-refractivity contribution in [3.05, 3.63) is 11.7 Å². The number of nitrogens with one attached hydrogen (secondary N) is 1. The van der Waals surface area contributed by atoms with Crippen LogP contribution >= 0.6 is 0 Å². The molecule has 0 saturated carbocycles. The summed E-state index contributed by atoms with van der Waals surface area (Å²) in [6.07, 6.45) is 0. The quantitative estimate of drug-likeness (QED) is 0.811. The largest absolute Gasteiger partial charge is 0.338 e. The van der Waals surface area contributed by atoms with Gasteiger partial charge in [0.1, 0.15) is 0 Å². The summed E-state index contributed by atoms with van der Waals surface area (Å²) in [5.41, 5.74) is 0. The van der Waals surface area contributed by atoms with Crippen LogP contribution in [0.3, 0.4) is 0 Å². The summed E-state index contributed by atoms with van der Waals surface area (Å²) in [7, 11) is 2.10. The van der Waals surface area contributed by atoms with Gasteiger partial charge in [0.15, 0.2) is 5.82 Å². The van der Waals surface area contributed by atoms with Gasteiger partial charge in [0.25, 0.3) is 0 Å². The molecule has 1 fully saturated rings. The van der Waals surface area contributed by atoms with Gasteiger partial charge in [0, 0.05) is 45.2 Å². The molecule has 1 saturated heterocycles. The van der Waals surface area contributed by atoms with E-state index in [4.69, 9.17) is 4.52 Å². The average Bonchev–Trinajstić information content (AvgIpc) is 2.86. The van der Waals surface area contributed by atoms with E-state index in [1.807, 2.05) is 0 Å². The molecule has 0 amide bonds. The molecular weight excluding hydrogens is 242 g/mol. The predicted octanol–water partition coefficient (Wildman–Crippen LogP) is 0.530. The summed E-state index contributed by atoms with van der Waals surface area (Å²) in [5.74, 6) is 1.83. The normalized spacial score (nSPS) is 17.5. The Kier molecular flexibility index (Phi) is 5.30. The monoisotopic (exact) mass is 267 g/mol. The second kappa shape index (κ2) is 6.98. The van der Waals surface area contributed by atoms with Gasteiger partial charge in [-0.05, 0) is 7.05 Å². The molecule has 6 heteroatoms. The molecule has 1 N–H and O–H groups in total. The Balaban J connectivity index is 1.72. The van der Waals surface area contributed by atoms with Crippen molar-refractivity contribution in [1.29, 1.82) is 0 Å². The lowest BCUT2D eigenvalue weighted by Crippen LogP contribution is -2.45. The van der Waals surface area contributed by atoms with Crippen LogP contribution in [0.1, 0.15) is 31.5 Å². The van der Waals surface area contributed by atoms with E-state index >= 15 is 0 Å². The lowest BCUT2D eigenvalue weighted by molar-refractivity contribution is 0.192. The van der Waals surface area contributed by atoms with E-state index in [1.54, 1.807) is 0 Å². The van der Waals surface area contributed by atoms with Gasteiger partial charge in [-0.3, -0.25) is 9.80 Å². The number of likely N-dealkylation sites (N-methyl/N-ethyl adjacent to an activating group) is 1. The Morgan fingerprint density at radius 3 is 2.74 bits per heavy atom. The maximum Gasteiger partial charge on any atom is 0.240 e. The first kappa shape index (κ1) is 14.4. The van der Waals surface area contributed by atoms with Gasteiger partial charge < -0.3 is 9.84 Å². The van der Waals surface area contributed by atoms with E-state index in [0.29, 0.717) is 11.8 Å². The summed E-state index contributed by atoms with van der Waals surface area (Å²) < 4.78 is 5.26.